The number of aliphatic hydroxyl groups excluding tert-OH is 1. The van der Waals surface area contributed by atoms with Gasteiger partial charge in [-0.15, -0.1) is 0 Å². The van der Waals surface area contributed by atoms with E-state index in [9.17, 15) is 26.4 Å². The fourth-order valence-electron chi connectivity index (χ4n) is 1.76. The fraction of sp³-hybridized carbons (Fsp3) is 0.739. The first kappa shape index (κ1) is 45.4. The van der Waals surface area contributed by atoms with Crippen LogP contribution in [0.25, 0.3) is 0 Å². The number of esters is 2. The third-order valence-electron chi connectivity index (χ3n) is 3.55. The summed E-state index contributed by atoms with van der Waals surface area (Å²) in [4.78, 5) is 23.3. The lowest BCUT2D eigenvalue weighted by Crippen LogP contribution is -2.21. The molecule has 0 saturated heterocycles. The number of carbonyl (C=O) groups is 2. The van der Waals surface area contributed by atoms with Gasteiger partial charge in [0.05, 0.1) is 32.3 Å². The lowest BCUT2D eigenvalue weighted by Gasteiger charge is -2.13. The number of carbonyl (C=O) groups excluding carboxylic acids is 2. The Morgan fingerprint density at radius 1 is 0.811 bits per heavy atom. The van der Waals surface area contributed by atoms with Crippen molar-refractivity contribution in [1.82, 2.24) is 4.90 Å². The Bertz CT molecular complexity index is 755. The molecule has 14 heteroatoms. The van der Waals surface area contributed by atoms with E-state index >= 15 is 0 Å². The van der Waals surface area contributed by atoms with Gasteiger partial charge in [0, 0.05) is 29.4 Å². The highest BCUT2D eigenvalue weighted by Gasteiger charge is 2.01. The van der Waals surface area contributed by atoms with Crippen LogP contribution in [0.1, 0.15) is 53.9 Å². The molecule has 0 aliphatic carbocycles. The number of ether oxygens (including phenoxy) is 2. The Morgan fingerprint density at radius 2 is 1.14 bits per heavy atom. The van der Waals surface area contributed by atoms with E-state index < -0.39 is 31.1 Å². The number of hydrogen-bond donors (Lipinski definition) is 1. The normalized spacial score (nSPS) is 10.1. The largest absolute Gasteiger partial charge is 0.463 e. The first-order chi connectivity index (χ1) is 16.6. The van der Waals surface area contributed by atoms with Gasteiger partial charge < -0.3 is 19.5 Å². The smallest absolute Gasteiger partial charge is 0.330 e. The summed E-state index contributed by atoms with van der Waals surface area (Å²) in [6.45, 7) is 17.5. The van der Waals surface area contributed by atoms with Crippen molar-refractivity contribution in [2.45, 2.75) is 53.9 Å². The van der Waals surface area contributed by atoms with E-state index in [0.29, 0.717) is 32.3 Å². The maximum Gasteiger partial charge on any atom is 0.330 e. The molecule has 0 aromatic heterocycles. The van der Waals surface area contributed by atoms with Crippen LogP contribution in [0.5, 0.6) is 0 Å². The van der Waals surface area contributed by atoms with Crippen LogP contribution in [0.2, 0.25) is 0 Å². The summed E-state index contributed by atoms with van der Waals surface area (Å²) in [5.41, 5.74) is 0. The Balaban J connectivity index is -0.000000131. The standard InChI is InChI=1S/C8H14O5S.C7H12O3.C6H15N.CH3ClO2S.CH4/c1-3-8(9)12-6-4-5-7-13-14(2,10)11;1-2-7(9)10-6-4-3-5-8;1-4-7(5-2)6-3;1-5(2,3)4;/h3H,1,4-7H2,2H3;2,8H,1,3-6H2;4-6H2,1-3H3;1H3;1H4. The van der Waals surface area contributed by atoms with Crippen LogP contribution in [0.15, 0.2) is 25.3 Å². The second-order valence-corrected chi connectivity index (χ2v) is 11.4. The summed E-state index contributed by atoms with van der Waals surface area (Å²) >= 11 is 0. The van der Waals surface area contributed by atoms with Crippen molar-refractivity contribution in [3.63, 3.8) is 0 Å². The Kier molecular flexibility index (Phi) is 37.7. The molecular weight excluding hydrogens is 550 g/mol. The van der Waals surface area contributed by atoms with Crippen molar-refractivity contribution in [2.24, 2.45) is 0 Å². The average molecular weight is 598 g/mol. The van der Waals surface area contributed by atoms with Gasteiger partial charge >= 0.3 is 11.9 Å². The molecule has 0 aliphatic rings. The van der Waals surface area contributed by atoms with Gasteiger partial charge in [0.2, 0.25) is 9.05 Å². The molecule has 0 aliphatic heterocycles. The van der Waals surface area contributed by atoms with Gasteiger partial charge in [-0.05, 0) is 45.3 Å². The lowest BCUT2D eigenvalue weighted by molar-refractivity contribution is -0.138. The van der Waals surface area contributed by atoms with Crippen LogP contribution in [-0.2, 0) is 42.4 Å². The van der Waals surface area contributed by atoms with Gasteiger partial charge in [0.15, 0.2) is 0 Å². The summed E-state index contributed by atoms with van der Waals surface area (Å²) in [5, 5.41) is 8.33. The number of rotatable bonds is 15. The van der Waals surface area contributed by atoms with E-state index in [-0.39, 0.29) is 27.2 Å². The third-order valence-corrected chi connectivity index (χ3v) is 4.15. The van der Waals surface area contributed by atoms with Crippen molar-refractivity contribution in [3.8, 4) is 0 Å². The first-order valence-electron chi connectivity index (χ1n) is 11.3. The minimum atomic E-state index is -3.36. The van der Waals surface area contributed by atoms with Gasteiger partial charge in [-0.2, -0.15) is 8.42 Å². The highest BCUT2D eigenvalue weighted by Crippen LogP contribution is 1.95. The Morgan fingerprint density at radius 3 is 1.38 bits per heavy atom. The van der Waals surface area contributed by atoms with Gasteiger partial charge in [0.25, 0.3) is 10.1 Å². The summed E-state index contributed by atoms with van der Waals surface area (Å²) < 4.78 is 53.6. The van der Waals surface area contributed by atoms with Crippen molar-refractivity contribution in [3.05, 3.63) is 25.3 Å². The van der Waals surface area contributed by atoms with E-state index in [4.69, 9.17) is 5.11 Å². The van der Waals surface area contributed by atoms with Crippen LogP contribution in [0.3, 0.4) is 0 Å². The zero-order chi connectivity index (χ0) is 29.0. The van der Waals surface area contributed by atoms with E-state index in [2.05, 4.69) is 63.2 Å². The molecule has 0 saturated carbocycles. The lowest BCUT2D eigenvalue weighted by atomic mass is 10.3. The predicted molar refractivity (Wildman–Crippen MR) is 150 cm³/mol. The molecule has 0 atom stereocenters. The van der Waals surface area contributed by atoms with Crippen molar-refractivity contribution in [1.29, 1.82) is 0 Å². The summed E-state index contributed by atoms with van der Waals surface area (Å²) in [6, 6.07) is 0. The van der Waals surface area contributed by atoms with Crippen LogP contribution in [-0.4, -0.2) is 97.4 Å². The van der Waals surface area contributed by atoms with Crippen LogP contribution < -0.4 is 0 Å². The SMILES string of the molecule is C.C=CC(=O)OCCCCO.C=CC(=O)OCCCCOS(C)(=O)=O.CCN(CC)CC.CS(=O)(=O)Cl. The van der Waals surface area contributed by atoms with Gasteiger partial charge in [-0.3, -0.25) is 4.18 Å². The second-order valence-electron chi connectivity index (χ2n) is 6.71. The van der Waals surface area contributed by atoms with Crippen molar-refractivity contribution >= 4 is 41.8 Å². The maximum atomic E-state index is 10.5. The predicted octanol–water partition coefficient (Wildman–Crippen LogP) is 3.13. The molecule has 224 valence electrons. The molecular formula is C23H48ClNO10S2. The number of aliphatic hydroxyl groups is 1. The molecule has 0 radical (unpaired) electrons. The minimum Gasteiger partial charge on any atom is -0.463 e. The zero-order valence-corrected chi connectivity index (χ0v) is 24.5. The number of halogens is 1. The van der Waals surface area contributed by atoms with Gasteiger partial charge in [-0.1, -0.05) is 41.4 Å². The minimum absolute atomic E-state index is 0. The topological polar surface area (TPSA) is 154 Å². The van der Waals surface area contributed by atoms with Gasteiger partial charge in [0.1, 0.15) is 0 Å². The molecule has 0 spiro atoms. The average Bonchev–Trinajstić information content (AvgIpc) is 2.79. The molecule has 11 nitrogen and oxygen atoms in total. The summed E-state index contributed by atoms with van der Waals surface area (Å²) in [5.74, 6) is -0.882. The molecule has 0 aromatic rings. The highest BCUT2D eigenvalue weighted by atomic mass is 35.7. The fourth-order valence-corrected chi connectivity index (χ4v) is 2.18. The molecule has 0 unspecified atom stereocenters. The summed E-state index contributed by atoms with van der Waals surface area (Å²) in [7, 11) is -2.05. The molecule has 0 amide bonds. The van der Waals surface area contributed by atoms with Crippen LogP contribution in [0, 0.1) is 0 Å². The number of unbranched alkanes of at least 4 members (excludes halogenated alkanes) is 2. The van der Waals surface area contributed by atoms with Gasteiger partial charge in [-0.25, -0.2) is 18.0 Å². The monoisotopic (exact) mass is 597 g/mol. The van der Waals surface area contributed by atoms with E-state index in [1.165, 1.54) is 19.6 Å². The number of hydrogen-bond acceptors (Lipinski definition) is 11. The summed E-state index contributed by atoms with van der Waals surface area (Å²) in [6.07, 6.45) is 6.58. The molecule has 0 rings (SSSR count). The first-order valence-corrected chi connectivity index (χ1v) is 15.8. The van der Waals surface area contributed by atoms with E-state index in [0.717, 1.165) is 24.7 Å². The third kappa shape index (κ3) is 60.7. The zero-order valence-electron chi connectivity index (χ0n) is 22.1. The van der Waals surface area contributed by atoms with E-state index in [1.807, 2.05) is 0 Å². The maximum absolute atomic E-state index is 10.5. The van der Waals surface area contributed by atoms with Crippen LogP contribution >= 0.6 is 10.7 Å². The molecule has 37 heavy (non-hydrogen) atoms. The molecule has 0 aromatic carbocycles. The van der Waals surface area contributed by atoms with Crippen LogP contribution in [0.4, 0.5) is 0 Å². The molecule has 1 N–H and O–H groups in total. The molecule has 0 fully saturated rings. The number of nitrogens with zero attached hydrogens (tertiary/aromatic N) is 1. The molecule has 0 heterocycles. The second kappa shape index (κ2) is 30.7. The Hall–Kier alpha value is -1.51. The van der Waals surface area contributed by atoms with E-state index in [1.54, 1.807) is 0 Å². The molecule has 0 bridgehead atoms. The van der Waals surface area contributed by atoms with Crippen molar-refractivity contribution < 1.29 is 45.2 Å². The highest BCUT2D eigenvalue weighted by molar-refractivity contribution is 8.13. The van der Waals surface area contributed by atoms with Crippen molar-refractivity contribution in [2.75, 3.05) is 58.6 Å². The quantitative estimate of drug-likeness (QED) is 0.0973. The Labute approximate surface area is 229 Å².